The van der Waals surface area contributed by atoms with E-state index < -0.39 is 5.97 Å². The lowest BCUT2D eigenvalue weighted by Gasteiger charge is -2.22. The van der Waals surface area contributed by atoms with Crippen molar-refractivity contribution in [3.05, 3.63) is 58.6 Å². The van der Waals surface area contributed by atoms with Gasteiger partial charge in [-0.3, -0.25) is 9.59 Å². The van der Waals surface area contributed by atoms with Crippen LogP contribution in [0.4, 0.5) is 0 Å². The Kier molecular flexibility index (Phi) is 6.95. The molecule has 1 heterocycles. The Bertz CT molecular complexity index is 936. The average molecular weight is 431 g/mol. The first-order valence-electron chi connectivity index (χ1n) is 9.51. The Balaban J connectivity index is 1.92. The number of methoxy groups -OCH3 is 2. The molecule has 0 aliphatic carbocycles. The summed E-state index contributed by atoms with van der Waals surface area (Å²) in [5.41, 5.74) is 2.42. The molecular formula is C22H23ClN2O5. The molecule has 0 fully saturated rings. The number of hydrogen-bond acceptors (Lipinski definition) is 5. The van der Waals surface area contributed by atoms with Crippen LogP contribution in [0.25, 0.3) is 0 Å². The second-order valence-corrected chi connectivity index (χ2v) is 7.34. The number of hydrazone groups is 1. The van der Waals surface area contributed by atoms with Crippen LogP contribution in [-0.2, 0) is 9.59 Å². The summed E-state index contributed by atoms with van der Waals surface area (Å²) in [6, 6.07) is 12.4. The lowest BCUT2D eigenvalue weighted by atomic mass is 9.98. The zero-order chi connectivity index (χ0) is 21.7. The van der Waals surface area contributed by atoms with Gasteiger partial charge in [-0.15, -0.1) is 0 Å². The van der Waals surface area contributed by atoms with Crippen molar-refractivity contribution in [3.8, 4) is 11.5 Å². The maximum Gasteiger partial charge on any atom is 0.303 e. The highest BCUT2D eigenvalue weighted by Crippen LogP contribution is 2.35. The van der Waals surface area contributed by atoms with Gasteiger partial charge in [-0.2, -0.15) is 5.10 Å². The van der Waals surface area contributed by atoms with E-state index in [1.807, 2.05) is 24.3 Å². The molecule has 1 aliphatic rings. The van der Waals surface area contributed by atoms with Gasteiger partial charge in [0.05, 0.1) is 26.0 Å². The molecule has 3 rings (SSSR count). The molecule has 1 atom stereocenters. The number of carbonyl (C=O) groups is 2. The summed E-state index contributed by atoms with van der Waals surface area (Å²) < 4.78 is 10.7. The molecule has 0 spiro atoms. The smallest absolute Gasteiger partial charge is 0.303 e. The van der Waals surface area contributed by atoms with Crippen LogP contribution in [0, 0.1) is 0 Å². The number of amides is 1. The van der Waals surface area contributed by atoms with Crippen molar-refractivity contribution in [2.75, 3.05) is 14.2 Å². The van der Waals surface area contributed by atoms with Crippen LogP contribution in [0.3, 0.4) is 0 Å². The van der Waals surface area contributed by atoms with Gasteiger partial charge in [0.2, 0.25) is 5.91 Å². The summed E-state index contributed by atoms with van der Waals surface area (Å²) in [4.78, 5) is 23.6. The van der Waals surface area contributed by atoms with E-state index in [2.05, 4.69) is 5.10 Å². The number of carboxylic acids is 1. The van der Waals surface area contributed by atoms with Gasteiger partial charge in [0.1, 0.15) is 11.5 Å². The Morgan fingerprint density at radius 3 is 2.30 bits per heavy atom. The molecule has 0 saturated heterocycles. The van der Waals surface area contributed by atoms with Crippen molar-refractivity contribution in [1.29, 1.82) is 0 Å². The molecule has 2 aromatic carbocycles. The van der Waals surface area contributed by atoms with Crippen LogP contribution >= 0.6 is 11.6 Å². The van der Waals surface area contributed by atoms with Gasteiger partial charge >= 0.3 is 5.97 Å². The van der Waals surface area contributed by atoms with Gasteiger partial charge in [0.25, 0.3) is 0 Å². The van der Waals surface area contributed by atoms with Crippen molar-refractivity contribution in [2.24, 2.45) is 5.10 Å². The minimum Gasteiger partial charge on any atom is -0.497 e. The molecule has 0 saturated carbocycles. The third-order valence-electron chi connectivity index (χ3n) is 4.89. The van der Waals surface area contributed by atoms with Crippen LogP contribution in [0.2, 0.25) is 5.02 Å². The molecule has 0 bridgehead atoms. The van der Waals surface area contributed by atoms with Crippen LogP contribution in [0.15, 0.2) is 47.6 Å². The SMILES string of the molecule is COc1cc(OC)cc(C2=NN(C(=O)CCCC(=O)O)C(c3ccc(Cl)cc3)C2)c1. The van der Waals surface area contributed by atoms with Crippen LogP contribution in [0.5, 0.6) is 11.5 Å². The van der Waals surface area contributed by atoms with E-state index >= 15 is 0 Å². The predicted molar refractivity (Wildman–Crippen MR) is 113 cm³/mol. The third kappa shape index (κ3) is 5.10. The number of benzene rings is 2. The number of hydrogen-bond donors (Lipinski definition) is 1. The van der Waals surface area contributed by atoms with Crippen molar-refractivity contribution in [1.82, 2.24) is 5.01 Å². The lowest BCUT2D eigenvalue weighted by Crippen LogP contribution is -2.27. The summed E-state index contributed by atoms with van der Waals surface area (Å²) in [6.07, 6.45) is 0.807. The molecule has 7 nitrogen and oxygen atoms in total. The highest BCUT2D eigenvalue weighted by Gasteiger charge is 2.33. The summed E-state index contributed by atoms with van der Waals surface area (Å²) in [6.45, 7) is 0. The van der Waals surface area contributed by atoms with E-state index in [-0.39, 0.29) is 31.2 Å². The maximum absolute atomic E-state index is 12.9. The van der Waals surface area contributed by atoms with Gasteiger partial charge in [-0.05, 0) is 36.2 Å². The van der Waals surface area contributed by atoms with Gasteiger partial charge < -0.3 is 14.6 Å². The molecule has 0 radical (unpaired) electrons. The van der Waals surface area contributed by atoms with E-state index in [0.717, 1.165) is 16.8 Å². The summed E-state index contributed by atoms with van der Waals surface area (Å²) in [7, 11) is 3.15. The first kappa shape index (κ1) is 21.6. The molecule has 0 aromatic heterocycles. The van der Waals surface area contributed by atoms with E-state index in [4.69, 9.17) is 26.2 Å². The Morgan fingerprint density at radius 2 is 1.73 bits per heavy atom. The fourth-order valence-electron chi connectivity index (χ4n) is 3.34. The van der Waals surface area contributed by atoms with E-state index in [0.29, 0.717) is 22.9 Å². The summed E-state index contributed by atoms with van der Waals surface area (Å²) in [5, 5.41) is 15.5. The van der Waals surface area contributed by atoms with E-state index in [9.17, 15) is 9.59 Å². The van der Waals surface area contributed by atoms with Crippen molar-refractivity contribution >= 4 is 29.2 Å². The topological polar surface area (TPSA) is 88.4 Å². The minimum atomic E-state index is -0.925. The van der Waals surface area contributed by atoms with Gasteiger partial charge in [-0.25, -0.2) is 5.01 Å². The van der Waals surface area contributed by atoms with E-state index in [1.54, 1.807) is 32.4 Å². The lowest BCUT2D eigenvalue weighted by molar-refractivity contribution is -0.137. The number of halogens is 1. The zero-order valence-electron chi connectivity index (χ0n) is 16.8. The number of carboxylic acid groups (broad SMARTS) is 1. The minimum absolute atomic E-state index is 0.0607. The average Bonchev–Trinajstić information content (AvgIpc) is 3.19. The molecule has 1 amide bonds. The van der Waals surface area contributed by atoms with Crippen LogP contribution in [-0.4, -0.2) is 41.9 Å². The number of ether oxygens (including phenoxy) is 2. The van der Waals surface area contributed by atoms with Gasteiger partial charge in [0, 0.05) is 35.9 Å². The quantitative estimate of drug-likeness (QED) is 0.674. The van der Waals surface area contributed by atoms with Crippen molar-refractivity contribution in [3.63, 3.8) is 0 Å². The van der Waals surface area contributed by atoms with Crippen LogP contribution in [0.1, 0.15) is 42.9 Å². The predicted octanol–water partition coefficient (Wildman–Crippen LogP) is 4.29. The second kappa shape index (κ2) is 9.63. The molecule has 1 N–H and O–H groups in total. The second-order valence-electron chi connectivity index (χ2n) is 6.91. The normalized spacial score (nSPS) is 15.6. The van der Waals surface area contributed by atoms with Crippen molar-refractivity contribution in [2.45, 2.75) is 31.7 Å². The molecule has 30 heavy (non-hydrogen) atoms. The molecule has 158 valence electrons. The Morgan fingerprint density at radius 1 is 1.10 bits per heavy atom. The first-order valence-corrected chi connectivity index (χ1v) is 9.89. The molecule has 2 aromatic rings. The van der Waals surface area contributed by atoms with Crippen LogP contribution < -0.4 is 9.47 Å². The standard InChI is InChI=1S/C22H23ClN2O5/c1-29-17-10-15(11-18(12-17)30-2)19-13-20(14-6-8-16(23)9-7-14)25(24-19)21(26)4-3-5-22(27)28/h6-12,20H,3-5,13H2,1-2H3,(H,27,28). The maximum atomic E-state index is 12.9. The van der Waals surface area contributed by atoms with Crippen molar-refractivity contribution < 1.29 is 24.2 Å². The highest BCUT2D eigenvalue weighted by atomic mass is 35.5. The van der Waals surface area contributed by atoms with E-state index in [1.165, 1.54) is 5.01 Å². The molecular weight excluding hydrogens is 408 g/mol. The zero-order valence-corrected chi connectivity index (χ0v) is 17.6. The summed E-state index contributed by atoms with van der Waals surface area (Å²) in [5.74, 6) is 0.106. The monoisotopic (exact) mass is 430 g/mol. The summed E-state index contributed by atoms with van der Waals surface area (Å²) >= 11 is 6.01. The number of rotatable bonds is 8. The van der Waals surface area contributed by atoms with Gasteiger partial charge in [0.15, 0.2) is 0 Å². The Labute approximate surface area is 179 Å². The number of aliphatic carboxylic acids is 1. The molecule has 1 unspecified atom stereocenters. The Hall–Kier alpha value is -3.06. The third-order valence-corrected chi connectivity index (χ3v) is 5.14. The highest BCUT2D eigenvalue weighted by molar-refractivity contribution is 6.30. The fraction of sp³-hybridized carbons (Fsp3) is 0.318. The largest absolute Gasteiger partial charge is 0.497 e. The number of carbonyl (C=O) groups excluding carboxylic acids is 1. The fourth-order valence-corrected chi connectivity index (χ4v) is 3.46. The van der Waals surface area contributed by atoms with Gasteiger partial charge in [-0.1, -0.05) is 23.7 Å². The molecule has 8 heteroatoms. The first-order chi connectivity index (χ1) is 14.4. The molecule has 1 aliphatic heterocycles. The number of nitrogens with zero attached hydrogens (tertiary/aromatic N) is 2.